The predicted molar refractivity (Wildman–Crippen MR) is 111 cm³/mol. The van der Waals surface area contributed by atoms with Gasteiger partial charge in [0.25, 0.3) is 11.6 Å². The number of hydrogen-bond donors (Lipinski definition) is 1. The number of nitro groups is 1. The number of fused-ring (bicyclic) bond motifs is 1. The zero-order chi connectivity index (χ0) is 21.4. The summed E-state index contributed by atoms with van der Waals surface area (Å²) in [4.78, 5) is 27.8. The third kappa shape index (κ3) is 3.37. The first-order chi connectivity index (χ1) is 14.4. The molecule has 0 unspecified atom stereocenters. The smallest absolute Gasteiger partial charge is 0.294 e. The van der Waals surface area contributed by atoms with Crippen molar-refractivity contribution in [1.82, 2.24) is 24.4 Å². The molecule has 10 nitrogen and oxygen atoms in total. The van der Waals surface area contributed by atoms with Gasteiger partial charge in [0.1, 0.15) is 11.3 Å². The molecular weight excluding hydrogens is 410 g/mol. The van der Waals surface area contributed by atoms with Gasteiger partial charge in [-0.15, -0.1) is 0 Å². The van der Waals surface area contributed by atoms with Crippen LogP contribution >= 0.6 is 11.6 Å². The van der Waals surface area contributed by atoms with Crippen LogP contribution in [0.3, 0.4) is 0 Å². The minimum Gasteiger partial charge on any atom is -0.316 e. The van der Waals surface area contributed by atoms with E-state index in [4.69, 9.17) is 11.6 Å². The van der Waals surface area contributed by atoms with Gasteiger partial charge in [-0.3, -0.25) is 19.6 Å². The Kier molecular flexibility index (Phi) is 4.92. The van der Waals surface area contributed by atoms with Crippen molar-refractivity contribution in [2.75, 3.05) is 5.32 Å². The summed E-state index contributed by atoms with van der Waals surface area (Å²) in [5.41, 5.74) is 2.66. The van der Waals surface area contributed by atoms with E-state index in [0.717, 1.165) is 23.5 Å². The Morgan fingerprint density at radius 1 is 1.33 bits per heavy atom. The molecule has 0 bridgehead atoms. The Morgan fingerprint density at radius 2 is 2.13 bits per heavy atom. The summed E-state index contributed by atoms with van der Waals surface area (Å²) in [7, 11) is 0. The minimum atomic E-state index is -0.609. The van der Waals surface area contributed by atoms with E-state index in [2.05, 4.69) is 20.5 Å². The molecule has 30 heavy (non-hydrogen) atoms. The van der Waals surface area contributed by atoms with E-state index in [1.807, 2.05) is 24.7 Å². The molecule has 0 radical (unpaired) electrons. The van der Waals surface area contributed by atoms with Crippen molar-refractivity contribution >= 4 is 34.5 Å². The molecule has 4 aromatic rings. The van der Waals surface area contributed by atoms with Gasteiger partial charge in [0.05, 0.1) is 22.5 Å². The van der Waals surface area contributed by atoms with E-state index >= 15 is 0 Å². The highest BCUT2D eigenvalue weighted by Gasteiger charge is 2.21. The Labute approximate surface area is 175 Å². The number of rotatable bonds is 5. The summed E-state index contributed by atoms with van der Waals surface area (Å²) in [5.74, 6) is -0.568. The van der Waals surface area contributed by atoms with Crippen molar-refractivity contribution < 1.29 is 9.72 Å². The van der Waals surface area contributed by atoms with Gasteiger partial charge in [-0.25, -0.2) is 9.50 Å². The first-order valence-corrected chi connectivity index (χ1v) is 9.39. The van der Waals surface area contributed by atoms with E-state index in [-0.39, 0.29) is 22.0 Å². The molecule has 0 saturated heterocycles. The van der Waals surface area contributed by atoms with Crippen LogP contribution in [0, 0.1) is 17.0 Å². The maximum atomic E-state index is 12.8. The SMILES string of the molecule is CCn1cc(-c2ccnc3c(C(=O)Nc4ccc(Cl)cc4[N+](=O)[O-])cnn23)c(C)n1. The highest BCUT2D eigenvalue weighted by molar-refractivity contribution is 6.31. The third-order valence-corrected chi connectivity index (χ3v) is 4.83. The zero-order valence-corrected chi connectivity index (χ0v) is 16.8. The Hall–Kier alpha value is -3.79. The third-order valence-electron chi connectivity index (χ3n) is 4.60. The van der Waals surface area contributed by atoms with Crippen molar-refractivity contribution in [2.24, 2.45) is 0 Å². The average Bonchev–Trinajstić information content (AvgIpc) is 3.32. The number of aryl methyl sites for hydroxylation is 2. The van der Waals surface area contributed by atoms with Crippen LogP contribution in [0.15, 0.2) is 42.9 Å². The fourth-order valence-corrected chi connectivity index (χ4v) is 3.30. The van der Waals surface area contributed by atoms with Gasteiger partial charge < -0.3 is 5.32 Å². The van der Waals surface area contributed by atoms with E-state index < -0.39 is 10.8 Å². The molecule has 0 aliphatic rings. The highest BCUT2D eigenvalue weighted by Crippen LogP contribution is 2.29. The first-order valence-electron chi connectivity index (χ1n) is 9.01. The molecule has 4 rings (SSSR count). The van der Waals surface area contributed by atoms with Crippen molar-refractivity contribution in [3.05, 3.63) is 69.3 Å². The van der Waals surface area contributed by atoms with Gasteiger partial charge in [-0.1, -0.05) is 11.6 Å². The van der Waals surface area contributed by atoms with Gasteiger partial charge in [-0.2, -0.15) is 10.2 Å². The monoisotopic (exact) mass is 425 g/mol. The molecule has 0 saturated carbocycles. The lowest BCUT2D eigenvalue weighted by atomic mass is 10.2. The van der Waals surface area contributed by atoms with E-state index in [1.54, 1.807) is 16.8 Å². The number of aromatic nitrogens is 5. The summed E-state index contributed by atoms with van der Waals surface area (Å²) >= 11 is 5.83. The Morgan fingerprint density at radius 3 is 2.83 bits per heavy atom. The Bertz CT molecular complexity index is 1290. The number of benzene rings is 1. The molecule has 0 aliphatic heterocycles. The first kappa shape index (κ1) is 19.5. The number of halogens is 1. The van der Waals surface area contributed by atoms with Crippen LogP contribution in [0.1, 0.15) is 23.0 Å². The standard InChI is InChI=1S/C19H16ClN7O3/c1-3-25-10-14(11(2)24-25)16-6-7-21-18-13(9-22-26(16)18)19(28)23-15-5-4-12(20)8-17(15)27(29)30/h4-10H,3H2,1-2H3,(H,23,28). The van der Waals surface area contributed by atoms with Crippen LogP contribution in [0.2, 0.25) is 5.02 Å². The fraction of sp³-hybridized carbons (Fsp3) is 0.158. The number of nitro benzene ring substituents is 1. The molecule has 152 valence electrons. The summed E-state index contributed by atoms with van der Waals surface area (Å²) in [5, 5.41) is 22.8. The number of nitrogens with one attached hydrogen (secondary N) is 1. The van der Waals surface area contributed by atoms with E-state index in [9.17, 15) is 14.9 Å². The highest BCUT2D eigenvalue weighted by atomic mass is 35.5. The maximum Gasteiger partial charge on any atom is 0.294 e. The van der Waals surface area contributed by atoms with Crippen LogP contribution in [-0.2, 0) is 6.54 Å². The Balaban J connectivity index is 1.74. The largest absolute Gasteiger partial charge is 0.316 e. The van der Waals surface area contributed by atoms with Crippen molar-refractivity contribution in [3.63, 3.8) is 0 Å². The molecule has 3 aromatic heterocycles. The number of amides is 1. The molecule has 11 heteroatoms. The van der Waals surface area contributed by atoms with Crippen molar-refractivity contribution in [3.8, 4) is 11.3 Å². The number of carbonyl (C=O) groups is 1. The quantitative estimate of drug-likeness (QED) is 0.384. The maximum absolute atomic E-state index is 12.8. The number of anilines is 1. The molecule has 0 aliphatic carbocycles. The number of nitrogens with zero attached hydrogens (tertiary/aromatic N) is 6. The van der Waals surface area contributed by atoms with Crippen LogP contribution in [0.4, 0.5) is 11.4 Å². The van der Waals surface area contributed by atoms with Crippen LogP contribution in [0.25, 0.3) is 16.9 Å². The second-order valence-electron chi connectivity index (χ2n) is 6.48. The average molecular weight is 426 g/mol. The number of carbonyl (C=O) groups excluding carboxylic acids is 1. The number of hydrogen-bond acceptors (Lipinski definition) is 6. The van der Waals surface area contributed by atoms with Gasteiger partial charge in [-0.05, 0) is 32.0 Å². The lowest BCUT2D eigenvalue weighted by molar-refractivity contribution is -0.383. The molecule has 1 N–H and O–H groups in total. The minimum absolute atomic E-state index is 0.0324. The predicted octanol–water partition coefficient (Wildman–Crippen LogP) is 3.74. The van der Waals surface area contributed by atoms with E-state index in [0.29, 0.717) is 5.65 Å². The topological polar surface area (TPSA) is 120 Å². The molecular formula is C19H16ClN7O3. The second kappa shape index (κ2) is 7.56. The van der Waals surface area contributed by atoms with Crippen molar-refractivity contribution in [1.29, 1.82) is 0 Å². The van der Waals surface area contributed by atoms with Crippen LogP contribution in [0.5, 0.6) is 0 Å². The summed E-state index contributed by atoms with van der Waals surface area (Å²) < 4.78 is 3.36. The fourth-order valence-electron chi connectivity index (χ4n) is 3.14. The molecule has 0 spiro atoms. The summed E-state index contributed by atoms with van der Waals surface area (Å²) in [6.07, 6.45) is 4.86. The van der Waals surface area contributed by atoms with Gasteiger partial charge in [0, 0.05) is 35.6 Å². The lowest BCUT2D eigenvalue weighted by Crippen LogP contribution is -2.13. The molecule has 0 fully saturated rings. The van der Waals surface area contributed by atoms with E-state index in [1.165, 1.54) is 24.4 Å². The summed E-state index contributed by atoms with van der Waals surface area (Å²) in [6, 6.07) is 5.81. The molecule has 1 aromatic carbocycles. The normalized spacial score (nSPS) is 11.0. The zero-order valence-electron chi connectivity index (χ0n) is 16.0. The van der Waals surface area contributed by atoms with Gasteiger partial charge in [0.2, 0.25) is 0 Å². The molecule has 1 amide bonds. The van der Waals surface area contributed by atoms with Gasteiger partial charge >= 0.3 is 0 Å². The van der Waals surface area contributed by atoms with Crippen LogP contribution < -0.4 is 5.32 Å². The van der Waals surface area contributed by atoms with Crippen molar-refractivity contribution in [2.45, 2.75) is 20.4 Å². The van der Waals surface area contributed by atoms with Crippen LogP contribution in [-0.4, -0.2) is 35.2 Å². The summed E-state index contributed by atoms with van der Waals surface area (Å²) in [6.45, 7) is 4.61. The second-order valence-corrected chi connectivity index (χ2v) is 6.92. The molecule has 0 atom stereocenters. The van der Waals surface area contributed by atoms with Gasteiger partial charge in [0.15, 0.2) is 5.65 Å². The lowest BCUT2D eigenvalue weighted by Gasteiger charge is -2.06. The molecule has 3 heterocycles.